The van der Waals surface area contributed by atoms with Crippen LogP contribution in [0.3, 0.4) is 0 Å². The zero-order valence-corrected chi connectivity index (χ0v) is 21.3. The normalized spacial score (nSPS) is 43.0. The van der Waals surface area contributed by atoms with Gasteiger partial charge in [-0.3, -0.25) is 9.59 Å². The van der Waals surface area contributed by atoms with Crippen LogP contribution in [0.25, 0.3) is 0 Å². The van der Waals surface area contributed by atoms with Gasteiger partial charge in [0.1, 0.15) is 11.4 Å². The van der Waals surface area contributed by atoms with Crippen LogP contribution < -0.4 is 0 Å². The molecule has 0 aromatic heterocycles. The van der Waals surface area contributed by atoms with Crippen molar-refractivity contribution in [3.05, 3.63) is 35.4 Å². The van der Waals surface area contributed by atoms with E-state index in [1.807, 2.05) is 31.2 Å². The van der Waals surface area contributed by atoms with E-state index in [-0.39, 0.29) is 22.5 Å². The minimum atomic E-state index is -0.924. The Morgan fingerprint density at radius 1 is 0.882 bits per heavy atom. The van der Waals surface area contributed by atoms with Crippen LogP contribution in [-0.4, -0.2) is 22.3 Å². The van der Waals surface area contributed by atoms with Gasteiger partial charge in [-0.25, -0.2) is 0 Å². The molecule has 0 spiro atoms. The van der Waals surface area contributed by atoms with Crippen molar-refractivity contribution in [1.82, 2.24) is 0 Å². The molecule has 4 saturated carbocycles. The molecule has 0 bridgehead atoms. The lowest BCUT2D eigenvalue weighted by Gasteiger charge is -2.61. The average Bonchev–Trinajstić information content (AvgIpc) is 3.16. The van der Waals surface area contributed by atoms with Crippen LogP contribution in [0.2, 0.25) is 0 Å². The predicted molar refractivity (Wildman–Crippen MR) is 134 cm³/mol. The highest BCUT2D eigenvalue weighted by molar-refractivity contribution is 5.94. The molecular weight excluding hydrogens is 420 g/mol. The number of carbonyl (C=O) groups excluding carboxylic acids is 2. The molecule has 0 unspecified atom stereocenters. The smallest absolute Gasteiger partial charge is 0.159 e. The van der Waals surface area contributed by atoms with Crippen molar-refractivity contribution in [2.45, 2.75) is 91.1 Å². The third kappa shape index (κ3) is 3.78. The third-order valence-corrected chi connectivity index (χ3v) is 10.9. The molecule has 4 fully saturated rings. The minimum absolute atomic E-state index is 0.0535. The van der Waals surface area contributed by atoms with Gasteiger partial charge in [-0.2, -0.15) is 0 Å². The van der Waals surface area contributed by atoms with Gasteiger partial charge in [0.15, 0.2) is 5.78 Å². The standard InChI is InChI=1S/C31H40O3/c1-20(32)23-7-5-22(6-8-23)13-16-31(34)18-17-29(3)24(19-31)9-10-25-27-12-11-26(21(2)33)30(27,4)15-14-28(25)29/h5-8,24-28,34H,9-12,14-15,17-19H2,1-4H3/t24-,25-,26+,27-,28-,29+,30-,31+/m0/s1. The molecule has 34 heavy (non-hydrogen) atoms. The summed E-state index contributed by atoms with van der Waals surface area (Å²) in [5.74, 6) is 9.80. The molecule has 0 amide bonds. The monoisotopic (exact) mass is 460 g/mol. The van der Waals surface area contributed by atoms with Crippen LogP contribution in [-0.2, 0) is 4.79 Å². The van der Waals surface area contributed by atoms with E-state index < -0.39 is 5.60 Å². The molecule has 3 nitrogen and oxygen atoms in total. The minimum Gasteiger partial charge on any atom is -0.378 e. The van der Waals surface area contributed by atoms with Crippen molar-refractivity contribution in [1.29, 1.82) is 0 Å². The number of Topliss-reactive ketones (excluding diaryl/α,β-unsaturated/α-hetero) is 2. The molecule has 1 N–H and O–H groups in total. The lowest BCUT2D eigenvalue weighted by Crippen LogP contribution is -2.56. The second kappa shape index (κ2) is 8.34. The van der Waals surface area contributed by atoms with Crippen molar-refractivity contribution in [3.8, 4) is 11.8 Å². The highest BCUT2D eigenvalue weighted by Crippen LogP contribution is 2.68. The fraction of sp³-hybridized carbons (Fsp3) is 0.677. The highest BCUT2D eigenvalue weighted by Gasteiger charge is 2.61. The van der Waals surface area contributed by atoms with Crippen LogP contribution in [0, 0.1) is 52.3 Å². The summed E-state index contributed by atoms with van der Waals surface area (Å²) >= 11 is 0. The highest BCUT2D eigenvalue weighted by atomic mass is 16.3. The molecule has 5 rings (SSSR count). The van der Waals surface area contributed by atoms with E-state index in [0.717, 1.165) is 37.2 Å². The van der Waals surface area contributed by atoms with Crippen molar-refractivity contribution in [2.24, 2.45) is 40.4 Å². The van der Waals surface area contributed by atoms with Crippen molar-refractivity contribution >= 4 is 11.6 Å². The first kappa shape index (κ1) is 23.8. The van der Waals surface area contributed by atoms with Gasteiger partial charge >= 0.3 is 0 Å². The van der Waals surface area contributed by atoms with E-state index in [4.69, 9.17) is 0 Å². The number of hydrogen-bond donors (Lipinski definition) is 1. The summed E-state index contributed by atoms with van der Waals surface area (Å²) in [6.45, 7) is 8.29. The second-order valence-corrected chi connectivity index (χ2v) is 12.6. The van der Waals surface area contributed by atoms with Gasteiger partial charge in [-0.1, -0.05) is 37.8 Å². The van der Waals surface area contributed by atoms with Gasteiger partial charge < -0.3 is 5.11 Å². The van der Waals surface area contributed by atoms with Crippen LogP contribution in [0.15, 0.2) is 24.3 Å². The average molecular weight is 461 g/mol. The lowest BCUT2D eigenvalue weighted by atomic mass is 9.44. The molecule has 0 saturated heterocycles. The van der Waals surface area contributed by atoms with Crippen molar-refractivity contribution < 1.29 is 14.7 Å². The molecule has 1 aromatic carbocycles. The quantitative estimate of drug-likeness (QED) is 0.421. The lowest BCUT2D eigenvalue weighted by molar-refractivity contribution is -0.144. The summed E-state index contributed by atoms with van der Waals surface area (Å²) in [4.78, 5) is 23.9. The Labute approximate surface area is 205 Å². The number of aliphatic hydroxyl groups is 1. The first-order chi connectivity index (χ1) is 16.1. The SMILES string of the molecule is CC(=O)c1ccc(C#C[C@@]2(O)CC[C@]3(C)[C@@H](CC[C@H]4[C@@H]5CC[C@H](C(C)=O)[C@]5(C)CC[C@@H]43)C2)cc1. The number of fused-ring (bicyclic) bond motifs is 5. The van der Waals surface area contributed by atoms with E-state index in [1.54, 1.807) is 6.92 Å². The summed E-state index contributed by atoms with van der Waals surface area (Å²) < 4.78 is 0. The van der Waals surface area contributed by atoms with Gasteiger partial charge in [0.2, 0.25) is 0 Å². The number of ketones is 2. The molecule has 0 heterocycles. The summed E-state index contributed by atoms with van der Waals surface area (Å²) in [5, 5.41) is 11.4. The summed E-state index contributed by atoms with van der Waals surface area (Å²) in [6.07, 6.45) is 9.68. The van der Waals surface area contributed by atoms with E-state index >= 15 is 0 Å². The van der Waals surface area contributed by atoms with E-state index in [9.17, 15) is 14.7 Å². The van der Waals surface area contributed by atoms with Crippen LogP contribution in [0.1, 0.15) is 101 Å². The largest absolute Gasteiger partial charge is 0.378 e. The number of benzene rings is 1. The van der Waals surface area contributed by atoms with Crippen molar-refractivity contribution in [3.63, 3.8) is 0 Å². The molecular formula is C31H40O3. The van der Waals surface area contributed by atoms with Crippen molar-refractivity contribution in [2.75, 3.05) is 0 Å². The van der Waals surface area contributed by atoms with Gasteiger partial charge in [-0.15, -0.1) is 0 Å². The first-order valence-electron chi connectivity index (χ1n) is 13.4. The summed E-state index contributed by atoms with van der Waals surface area (Å²) in [6, 6.07) is 7.37. The zero-order valence-electron chi connectivity index (χ0n) is 21.3. The van der Waals surface area contributed by atoms with Crippen LogP contribution in [0.5, 0.6) is 0 Å². The van der Waals surface area contributed by atoms with Gasteiger partial charge in [0.05, 0.1) is 0 Å². The first-order valence-corrected chi connectivity index (χ1v) is 13.4. The predicted octanol–water partition coefficient (Wildman–Crippen LogP) is 6.22. The Hall–Kier alpha value is -1.92. The Bertz CT molecular complexity index is 1040. The van der Waals surface area contributed by atoms with E-state index in [2.05, 4.69) is 25.7 Å². The second-order valence-electron chi connectivity index (χ2n) is 12.6. The molecule has 0 aliphatic heterocycles. The number of carbonyl (C=O) groups is 2. The number of hydrogen-bond acceptors (Lipinski definition) is 3. The molecule has 4 aliphatic rings. The fourth-order valence-corrected chi connectivity index (χ4v) is 9.00. The maximum absolute atomic E-state index is 12.4. The fourth-order valence-electron chi connectivity index (χ4n) is 9.00. The Kier molecular flexibility index (Phi) is 5.84. The molecule has 0 radical (unpaired) electrons. The molecule has 4 aliphatic carbocycles. The molecule has 8 atom stereocenters. The van der Waals surface area contributed by atoms with Gasteiger partial charge in [-0.05, 0) is 118 Å². The Morgan fingerprint density at radius 2 is 1.59 bits per heavy atom. The van der Waals surface area contributed by atoms with Crippen LogP contribution in [0.4, 0.5) is 0 Å². The summed E-state index contributed by atoms with van der Waals surface area (Å²) in [7, 11) is 0. The third-order valence-electron chi connectivity index (χ3n) is 10.9. The zero-order chi connectivity index (χ0) is 24.3. The van der Waals surface area contributed by atoms with E-state index in [1.165, 1.54) is 32.1 Å². The maximum atomic E-state index is 12.4. The van der Waals surface area contributed by atoms with Gasteiger partial charge in [0, 0.05) is 17.0 Å². The molecule has 182 valence electrons. The Balaban J connectivity index is 1.32. The maximum Gasteiger partial charge on any atom is 0.159 e. The van der Waals surface area contributed by atoms with E-state index in [0.29, 0.717) is 29.1 Å². The molecule has 1 aromatic rings. The van der Waals surface area contributed by atoms with Gasteiger partial charge in [0.25, 0.3) is 0 Å². The topological polar surface area (TPSA) is 54.4 Å². The summed E-state index contributed by atoms with van der Waals surface area (Å²) in [5.41, 5.74) is 1.09. The Morgan fingerprint density at radius 3 is 2.26 bits per heavy atom. The number of rotatable bonds is 2. The van der Waals surface area contributed by atoms with Crippen LogP contribution >= 0.6 is 0 Å². The molecule has 3 heteroatoms.